The van der Waals surface area contributed by atoms with Crippen LogP contribution in [0.3, 0.4) is 0 Å². The highest BCUT2D eigenvalue weighted by molar-refractivity contribution is 4.42. The lowest BCUT2D eigenvalue weighted by Crippen LogP contribution is -2.18. The van der Waals surface area contributed by atoms with Gasteiger partial charge < -0.3 is 9.47 Å². The van der Waals surface area contributed by atoms with Crippen LogP contribution in [0, 0.1) is 0 Å². The summed E-state index contributed by atoms with van der Waals surface area (Å²) in [7, 11) is 0. The molecular weight excluding hydrogens is 149 g/mol. The predicted octanol–water partition coefficient (Wildman–Crippen LogP) is 1.56. The van der Waals surface area contributed by atoms with Gasteiger partial charge in [-0.25, -0.2) is 0 Å². The molecule has 0 N–H and O–H groups in total. The number of halogens is 3. The molecule has 10 heavy (non-hydrogen) atoms. The molecule has 0 fully saturated rings. The van der Waals surface area contributed by atoms with Crippen LogP contribution in [0.15, 0.2) is 0 Å². The first-order valence-corrected chi connectivity index (χ1v) is 2.78. The zero-order valence-electron chi connectivity index (χ0n) is 5.57. The lowest BCUT2D eigenvalue weighted by atomic mass is 10.7. The average molecular weight is 158 g/mol. The molecule has 2 nitrogen and oxygen atoms in total. The van der Waals surface area contributed by atoms with Crippen molar-refractivity contribution in [1.82, 2.24) is 0 Å². The molecule has 0 saturated heterocycles. The van der Waals surface area contributed by atoms with Crippen molar-refractivity contribution in [1.29, 1.82) is 0 Å². The minimum Gasteiger partial charge on any atom is -0.356 e. The molecule has 0 aromatic rings. The lowest BCUT2D eigenvalue weighted by Gasteiger charge is -2.06. The Labute approximate surface area is 56.9 Å². The van der Waals surface area contributed by atoms with Crippen molar-refractivity contribution < 1.29 is 22.6 Å². The van der Waals surface area contributed by atoms with E-state index in [1.807, 2.05) is 0 Å². The molecule has 0 aromatic carbocycles. The molecule has 0 radical (unpaired) electrons. The van der Waals surface area contributed by atoms with Crippen LogP contribution in [0.2, 0.25) is 0 Å². The largest absolute Gasteiger partial charge is 0.411 e. The van der Waals surface area contributed by atoms with Gasteiger partial charge in [-0.15, -0.1) is 0 Å². The van der Waals surface area contributed by atoms with Crippen molar-refractivity contribution in [2.45, 2.75) is 13.1 Å². The molecule has 0 saturated carbocycles. The Morgan fingerprint density at radius 1 is 1.20 bits per heavy atom. The summed E-state index contributed by atoms with van der Waals surface area (Å²) < 4.78 is 42.5. The lowest BCUT2D eigenvalue weighted by molar-refractivity contribution is -0.196. The maximum absolute atomic E-state index is 11.3. The van der Waals surface area contributed by atoms with Crippen LogP contribution in [-0.2, 0) is 9.47 Å². The molecule has 0 amide bonds. The Bertz CT molecular complexity index is 81.5. The van der Waals surface area contributed by atoms with Gasteiger partial charge in [-0.1, -0.05) is 0 Å². The van der Waals surface area contributed by atoms with E-state index in [0.717, 1.165) is 0 Å². The molecule has 0 aliphatic heterocycles. The number of alkyl halides is 3. The Hall–Kier alpha value is -0.290. The van der Waals surface area contributed by atoms with Crippen LogP contribution in [-0.4, -0.2) is 26.2 Å². The summed E-state index contributed by atoms with van der Waals surface area (Å²) in [5.74, 6) is 0. The maximum atomic E-state index is 11.3. The molecule has 0 unspecified atom stereocenters. The van der Waals surface area contributed by atoms with E-state index >= 15 is 0 Å². The van der Waals surface area contributed by atoms with E-state index in [9.17, 15) is 13.2 Å². The molecule has 0 bridgehead atoms. The average Bonchev–Trinajstić information content (AvgIpc) is 1.78. The topological polar surface area (TPSA) is 18.5 Å². The van der Waals surface area contributed by atoms with Crippen molar-refractivity contribution in [3.05, 3.63) is 0 Å². The van der Waals surface area contributed by atoms with E-state index in [1.165, 1.54) is 0 Å². The fraction of sp³-hybridized carbons (Fsp3) is 1.00. The first-order chi connectivity index (χ1) is 4.56. The minimum absolute atomic E-state index is 0.296. The van der Waals surface area contributed by atoms with Gasteiger partial charge in [0, 0.05) is 6.61 Å². The summed E-state index contributed by atoms with van der Waals surface area (Å²) >= 11 is 0. The fourth-order valence-electron chi connectivity index (χ4n) is 0.300. The molecule has 0 heterocycles. The normalized spacial score (nSPS) is 12.0. The second kappa shape index (κ2) is 4.51. The second-order valence-electron chi connectivity index (χ2n) is 1.57. The van der Waals surface area contributed by atoms with Gasteiger partial charge in [0.05, 0.1) is 0 Å². The van der Waals surface area contributed by atoms with Gasteiger partial charge in [0.15, 0.2) is 0 Å². The Balaban J connectivity index is 3.04. The van der Waals surface area contributed by atoms with Gasteiger partial charge in [0.1, 0.15) is 13.4 Å². The van der Waals surface area contributed by atoms with E-state index < -0.39 is 12.8 Å². The Kier molecular flexibility index (Phi) is 4.38. The number of rotatable bonds is 4. The van der Waals surface area contributed by atoms with E-state index in [1.54, 1.807) is 6.92 Å². The molecule has 0 atom stereocenters. The van der Waals surface area contributed by atoms with Crippen LogP contribution in [0.5, 0.6) is 0 Å². The third kappa shape index (κ3) is 7.71. The highest BCUT2D eigenvalue weighted by Gasteiger charge is 2.27. The summed E-state index contributed by atoms with van der Waals surface area (Å²) in [4.78, 5) is 0. The van der Waals surface area contributed by atoms with E-state index in [0.29, 0.717) is 6.61 Å². The standard InChI is InChI=1S/C5H9F3O2/c1-2-9-4-10-3-5(6,7)8/h2-4H2,1H3. The van der Waals surface area contributed by atoms with Crippen molar-refractivity contribution in [3.63, 3.8) is 0 Å². The Morgan fingerprint density at radius 3 is 2.20 bits per heavy atom. The highest BCUT2D eigenvalue weighted by atomic mass is 19.4. The highest BCUT2D eigenvalue weighted by Crippen LogP contribution is 2.13. The molecule has 0 aliphatic carbocycles. The zero-order valence-corrected chi connectivity index (χ0v) is 5.57. The summed E-state index contributed by atoms with van der Waals surface area (Å²) in [6, 6.07) is 0. The number of hydrogen-bond donors (Lipinski definition) is 0. The SMILES string of the molecule is CCOCOCC(F)(F)F. The quantitative estimate of drug-likeness (QED) is 0.456. The second-order valence-corrected chi connectivity index (χ2v) is 1.57. The van der Waals surface area contributed by atoms with Crippen molar-refractivity contribution in [3.8, 4) is 0 Å². The molecule has 0 rings (SSSR count). The summed E-state index contributed by atoms with van der Waals surface area (Å²) in [5.41, 5.74) is 0. The van der Waals surface area contributed by atoms with Gasteiger partial charge in [-0.2, -0.15) is 13.2 Å². The van der Waals surface area contributed by atoms with Crippen molar-refractivity contribution in [2.24, 2.45) is 0 Å². The Morgan fingerprint density at radius 2 is 1.80 bits per heavy atom. The summed E-state index contributed by atoms with van der Waals surface area (Å²) in [5, 5.41) is 0. The van der Waals surface area contributed by atoms with Crippen LogP contribution in [0.1, 0.15) is 6.92 Å². The van der Waals surface area contributed by atoms with Gasteiger partial charge >= 0.3 is 6.18 Å². The number of hydrogen-bond acceptors (Lipinski definition) is 2. The summed E-state index contributed by atoms with van der Waals surface area (Å²) in [6.07, 6.45) is -4.25. The number of ether oxygens (including phenoxy) is 2. The molecule has 0 aliphatic rings. The van der Waals surface area contributed by atoms with Crippen LogP contribution in [0.4, 0.5) is 13.2 Å². The fourth-order valence-corrected chi connectivity index (χ4v) is 0.300. The predicted molar refractivity (Wildman–Crippen MR) is 28.5 cm³/mol. The molecular formula is C5H9F3O2. The van der Waals surface area contributed by atoms with Crippen LogP contribution >= 0.6 is 0 Å². The molecule has 0 aromatic heterocycles. The summed E-state index contributed by atoms with van der Waals surface area (Å²) in [6.45, 7) is 0.498. The zero-order chi connectivity index (χ0) is 8.04. The minimum atomic E-state index is -4.25. The van der Waals surface area contributed by atoms with Gasteiger partial charge in [0.2, 0.25) is 0 Å². The van der Waals surface area contributed by atoms with Gasteiger partial charge in [-0.3, -0.25) is 0 Å². The van der Waals surface area contributed by atoms with Crippen molar-refractivity contribution in [2.75, 3.05) is 20.0 Å². The van der Waals surface area contributed by atoms with E-state index in [2.05, 4.69) is 9.47 Å². The van der Waals surface area contributed by atoms with E-state index in [-0.39, 0.29) is 6.79 Å². The third-order valence-electron chi connectivity index (χ3n) is 0.637. The smallest absolute Gasteiger partial charge is 0.356 e. The van der Waals surface area contributed by atoms with Crippen molar-refractivity contribution >= 4 is 0 Å². The van der Waals surface area contributed by atoms with Gasteiger partial charge in [0.25, 0.3) is 0 Å². The first kappa shape index (κ1) is 9.71. The molecule has 0 spiro atoms. The van der Waals surface area contributed by atoms with Gasteiger partial charge in [-0.05, 0) is 6.92 Å². The monoisotopic (exact) mass is 158 g/mol. The molecule has 5 heteroatoms. The third-order valence-corrected chi connectivity index (χ3v) is 0.637. The van der Waals surface area contributed by atoms with E-state index in [4.69, 9.17) is 0 Å². The van der Waals surface area contributed by atoms with Crippen LogP contribution < -0.4 is 0 Å². The van der Waals surface area contributed by atoms with Crippen LogP contribution in [0.25, 0.3) is 0 Å². The first-order valence-electron chi connectivity index (χ1n) is 2.78. The maximum Gasteiger partial charge on any atom is 0.411 e. The molecule has 62 valence electrons.